The summed E-state index contributed by atoms with van der Waals surface area (Å²) in [6.45, 7) is 6.66. The van der Waals surface area contributed by atoms with E-state index in [-0.39, 0.29) is 16.9 Å². The smallest absolute Gasteiger partial charge is 0.206 e. The molecule has 1 heterocycles. The molecule has 0 spiro atoms. The molecule has 19 heavy (non-hydrogen) atoms. The normalized spacial score (nSPS) is 36.8. The third kappa shape index (κ3) is 1.98. The van der Waals surface area contributed by atoms with Crippen molar-refractivity contribution >= 4 is 21.4 Å². The summed E-state index contributed by atoms with van der Waals surface area (Å²) in [5.41, 5.74) is 0.176. The zero-order chi connectivity index (χ0) is 13.9. The van der Waals surface area contributed by atoms with Crippen LogP contribution < -0.4 is 4.72 Å². The molecule has 2 aliphatic carbocycles. The molecule has 3 nitrogen and oxygen atoms in total. The lowest BCUT2D eigenvalue weighted by atomic mass is 9.69. The van der Waals surface area contributed by atoms with Gasteiger partial charge in [0.15, 0.2) is 0 Å². The van der Waals surface area contributed by atoms with Crippen molar-refractivity contribution in [2.45, 2.75) is 50.3 Å². The Labute approximate surface area is 119 Å². The topological polar surface area (TPSA) is 46.2 Å². The zero-order valence-electron chi connectivity index (χ0n) is 11.6. The molecule has 2 aliphatic rings. The minimum absolute atomic E-state index is 0.0471. The molecule has 1 aromatic rings. The largest absolute Gasteiger partial charge is 0.250 e. The SMILES string of the molecule is CC1(C)[C@@H]2CC[C@@](C)(C2)[C@H]1NS(=O)(=O)c1cccs1. The van der Waals surface area contributed by atoms with E-state index in [1.165, 1.54) is 17.8 Å². The quantitative estimate of drug-likeness (QED) is 0.931. The monoisotopic (exact) mass is 299 g/mol. The molecule has 0 radical (unpaired) electrons. The van der Waals surface area contributed by atoms with Crippen LogP contribution in [0, 0.1) is 16.7 Å². The van der Waals surface area contributed by atoms with Crippen LogP contribution >= 0.6 is 11.3 Å². The van der Waals surface area contributed by atoms with Crippen molar-refractivity contribution in [2.75, 3.05) is 0 Å². The maximum absolute atomic E-state index is 12.5. The summed E-state index contributed by atoms with van der Waals surface area (Å²) in [6.07, 6.45) is 3.52. The van der Waals surface area contributed by atoms with Crippen LogP contribution in [0.2, 0.25) is 0 Å². The van der Waals surface area contributed by atoms with Crippen molar-refractivity contribution in [3.63, 3.8) is 0 Å². The van der Waals surface area contributed by atoms with Gasteiger partial charge >= 0.3 is 0 Å². The number of fused-ring (bicyclic) bond motifs is 2. The van der Waals surface area contributed by atoms with Crippen molar-refractivity contribution in [1.29, 1.82) is 0 Å². The molecule has 2 saturated carbocycles. The summed E-state index contributed by atoms with van der Waals surface area (Å²) in [5, 5.41) is 1.81. The van der Waals surface area contributed by atoms with E-state index in [2.05, 4.69) is 25.5 Å². The number of hydrogen-bond acceptors (Lipinski definition) is 3. The second kappa shape index (κ2) is 4.06. The van der Waals surface area contributed by atoms with E-state index in [0.717, 1.165) is 12.8 Å². The zero-order valence-corrected chi connectivity index (χ0v) is 13.3. The highest BCUT2D eigenvalue weighted by Gasteiger charge is 2.60. The molecule has 106 valence electrons. The first-order valence-corrected chi connectivity index (χ1v) is 9.18. The standard InChI is InChI=1S/C14H21NO2S2/c1-13(2)10-6-7-14(3,9-10)12(13)15-19(16,17)11-5-4-8-18-11/h4-5,8,10,12,15H,6-7,9H2,1-3H3/t10-,12+,14+/m1/s1. The van der Waals surface area contributed by atoms with Gasteiger partial charge in [0, 0.05) is 6.04 Å². The maximum atomic E-state index is 12.5. The molecule has 3 atom stereocenters. The summed E-state index contributed by atoms with van der Waals surface area (Å²) in [7, 11) is -3.36. The van der Waals surface area contributed by atoms with Crippen molar-refractivity contribution in [2.24, 2.45) is 16.7 Å². The Morgan fingerprint density at radius 3 is 2.63 bits per heavy atom. The predicted octanol–water partition coefficient (Wildman–Crippen LogP) is 3.24. The summed E-state index contributed by atoms with van der Waals surface area (Å²) in [4.78, 5) is 0. The molecular formula is C14H21NO2S2. The van der Waals surface area contributed by atoms with Crippen molar-refractivity contribution in [1.82, 2.24) is 4.72 Å². The van der Waals surface area contributed by atoms with Crippen LogP contribution in [0.25, 0.3) is 0 Å². The Bertz CT molecular complexity index is 572. The van der Waals surface area contributed by atoms with Crippen LogP contribution in [-0.2, 0) is 10.0 Å². The molecule has 0 unspecified atom stereocenters. The van der Waals surface area contributed by atoms with Gasteiger partial charge in [-0.05, 0) is 47.5 Å². The minimum Gasteiger partial charge on any atom is -0.206 e. The summed E-state index contributed by atoms with van der Waals surface area (Å²) < 4.78 is 28.3. The highest BCUT2D eigenvalue weighted by molar-refractivity contribution is 7.91. The summed E-state index contributed by atoms with van der Waals surface area (Å²) in [5.74, 6) is 0.647. The van der Waals surface area contributed by atoms with Gasteiger partial charge in [0.1, 0.15) is 4.21 Å². The molecule has 0 saturated heterocycles. The first kappa shape index (κ1) is 13.6. The van der Waals surface area contributed by atoms with Crippen molar-refractivity contribution in [3.8, 4) is 0 Å². The van der Waals surface area contributed by atoms with Crippen LogP contribution in [0.4, 0.5) is 0 Å². The van der Waals surface area contributed by atoms with E-state index in [4.69, 9.17) is 0 Å². The van der Waals surface area contributed by atoms with Gasteiger partial charge in [-0.1, -0.05) is 26.8 Å². The summed E-state index contributed by atoms with van der Waals surface area (Å²) in [6, 6.07) is 3.51. The Morgan fingerprint density at radius 1 is 1.37 bits per heavy atom. The van der Waals surface area contributed by atoms with Crippen LogP contribution in [0.15, 0.2) is 21.7 Å². The lowest BCUT2D eigenvalue weighted by molar-refractivity contribution is 0.127. The first-order chi connectivity index (χ1) is 8.76. The van der Waals surface area contributed by atoms with E-state index in [0.29, 0.717) is 10.1 Å². The third-order valence-corrected chi connectivity index (χ3v) is 8.12. The lowest BCUT2D eigenvalue weighted by Crippen LogP contribution is -2.52. The fraction of sp³-hybridized carbons (Fsp3) is 0.714. The summed E-state index contributed by atoms with van der Waals surface area (Å²) >= 11 is 1.28. The van der Waals surface area contributed by atoms with Crippen LogP contribution in [0.1, 0.15) is 40.0 Å². The van der Waals surface area contributed by atoms with Gasteiger partial charge in [-0.3, -0.25) is 0 Å². The molecule has 0 amide bonds. The van der Waals surface area contributed by atoms with Crippen LogP contribution in [0.3, 0.4) is 0 Å². The van der Waals surface area contributed by atoms with Gasteiger partial charge in [-0.15, -0.1) is 11.3 Å². The Balaban J connectivity index is 1.92. The van der Waals surface area contributed by atoms with Gasteiger partial charge in [-0.25, -0.2) is 13.1 Å². The average Bonchev–Trinajstić information content (AvgIpc) is 2.97. The number of sulfonamides is 1. The molecular weight excluding hydrogens is 278 g/mol. The van der Waals surface area contributed by atoms with Gasteiger partial charge in [0.2, 0.25) is 10.0 Å². The Hall–Kier alpha value is -0.390. The average molecular weight is 299 g/mol. The fourth-order valence-corrected chi connectivity index (χ4v) is 6.76. The fourth-order valence-electron chi connectivity index (χ4n) is 4.23. The van der Waals surface area contributed by atoms with E-state index >= 15 is 0 Å². The van der Waals surface area contributed by atoms with E-state index < -0.39 is 10.0 Å². The highest BCUT2D eigenvalue weighted by atomic mass is 32.2. The molecule has 3 rings (SSSR count). The van der Waals surface area contributed by atoms with Crippen LogP contribution in [-0.4, -0.2) is 14.5 Å². The number of hydrogen-bond donors (Lipinski definition) is 1. The van der Waals surface area contributed by atoms with Crippen molar-refractivity contribution in [3.05, 3.63) is 17.5 Å². The molecule has 2 bridgehead atoms. The number of nitrogens with one attached hydrogen (secondary N) is 1. The lowest BCUT2D eigenvalue weighted by Gasteiger charge is -2.42. The maximum Gasteiger partial charge on any atom is 0.250 e. The highest BCUT2D eigenvalue weighted by Crippen LogP contribution is 2.62. The first-order valence-electron chi connectivity index (χ1n) is 6.82. The molecule has 1 N–H and O–H groups in total. The van der Waals surface area contributed by atoms with Gasteiger partial charge in [0.25, 0.3) is 0 Å². The molecule has 0 aromatic carbocycles. The van der Waals surface area contributed by atoms with Gasteiger partial charge in [-0.2, -0.15) is 0 Å². The van der Waals surface area contributed by atoms with Gasteiger partial charge in [0.05, 0.1) is 0 Å². The third-order valence-electron chi connectivity index (χ3n) is 5.30. The molecule has 5 heteroatoms. The van der Waals surface area contributed by atoms with Crippen LogP contribution in [0.5, 0.6) is 0 Å². The molecule has 2 fully saturated rings. The van der Waals surface area contributed by atoms with Gasteiger partial charge < -0.3 is 0 Å². The van der Waals surface area contributed by atoms with E-state index in [1.54, 1.807) is 12.1 Å². The number of rotatable bonds is 3. The molecule has 0 aliphatic heterocycles. The predicted molar refractivity (Wildman–Crippen MR) is 77.7 cm³/mol. The van der Waals surface area contributed by atoms with Crippen molar-refractivity contribution < 1.29 is 8.42 Å². The molecule has 1 aromatic heterocycles. The Morgan fingerprint density at radius 2 is 2.11 bits per heavy atom. The number of thiophene rings is 1. The van der Waals surface area contributed by atoms with E-state index in [9.17, 15) is 8.42 Å². The second-order valence-corrected chi connectivity index (χ2v) is 9.79. The second-order valence-electron chi connectivity index (χ2n) is 6.90. The minimum atomic E-state index is -3.36. The van der Waals surface area contributed by atoms with E-state index in [1.807, 2.05) is 5.38 Å². The Kier molecular flexibility index (Phi) is 2.90.